The molecule has 0 radical (unpaired) electrons. The number of unbranched alkanes of at least 4 members (excludes halogenated alkanes) is 7. The molecule has 20 heavy (non-hydrogen) atoms. The third-order valence-electron chi connectivity index (χ3n) is 3.26. The summed E-state index contributed by atoms with van der Waals surface area (Å²) in [5.74, 6) is 1.14. The van der Waals surface area contributed by atoms with Gasteiger partial charge in [-0.2, -0.15) is 4.99 Å². The Morgan fingerprint density at radius 3 is 2.45 bits per heavy atom. The number of hydrogen-bond acceptors (Lipinski definition) is 3. The van der Waals surface area contributed by atoms with E-state index in [-0.39, 0.29) is 0 Å². The van der Waals surface area contributed by atoms with Gasteiger partial charge in [0.1, 0.15) is 0 Å². The number of carbonyl (C=O) groups excluding carboxylic acids is 1. The zero-order valence-corrected chi connectivity index (χ0v) is 13.3. The standard InChI is InChI=1S/C17H25NOS/c1-2-3-4-5-6-7-8-9-13-20-17-12-10-11-16(14-17)18-15-19/h10-12,14H,2-9,13H2,1H3. The van der Waals surface area contributed by atoms with E-state index in [9.17, 15) is 4.79 Å². The monoisotopic (exact) mass is 291 g/mol. The third-order valence-corrected chi connectivity index (χ3v) is 4.34. The van der Waals surface area contributed by atoms with Crippen LogP contribution in [0, 0.1) is 0 Å². The van der Waals surface area contributed by atoms with Crippen LogP contribution in [0.4, 0.5) is 5.69 Å². The summed E-state index contributed by atoms with van der Waals surface area (Å²) < 4.78 is 0. The van der Waals surface area contributed by atoms with Crippen molar-refractivity contribution in [3.8, 4) is 0 Å². The summed E-state index contributed by atoms with van der Waals surface area (Å²) in [5, 5.41) is 0. The van der Waals surface area contributed by atoms with E-state index < -0.39 is 0 Å². The number of isocyanates is 1. The molecule has 0 spiro atoms. The molecule has 2 nitrogen and oxygen atoms in total. The molecule has 110 valence electrons. The maximum Gasteiger partial charge on any atom is 0.240 e. The highest BCUT2D eigenvalue weighted by atomic mass is 32.2. The molecule has 3 heteroatoms. The van der Waals surface area contributed by atoms with Crippen molar-refractivity contribution in [2.45, 2.75) is 63.2 Å². The number of nitrogens with zero attached hydrogens (tertiary/aromatic N) is 1. The van der Waals surface area contributed by atoms with Gasteiger partial charge in [-0.3, -0.25) is 0 Å². The van der Waals surface area contributed by atoms with E-state index in [2.05, 4.69) is 18.0 Å². The average molecular weight is 291 g/mol. The van der Waals surface area contributed by atoms with E-state index in [1.807, 2.05) is 30.0 Å². The largest absolute Gasteiger partial charge is 0.240 e. The van der Waals surface area contributed by atoms with Crippen LogP contribution < -0.4 is 0 Å². The molecule has 0 N–H and O–H groups in total. The van der Waals surface area contributed by atoms with E-state index in [1.54, 1.807) is 6.08 Å². The van der Waals surface area contributed by atoms with Gasteiger partial charge in [0.15, 0.2) is 0 Å². The maximum atomic E-state index is 10.2. The van der Waals surface area contributed by atoms with E-state index in [0.29, 0.717) is 5.69 Å². The van der Waals surface area contributed by atoms with Crippen molar-refractivity contribution in [1.29, 1.82) is 0 Å². The number of thioether (sulfide) groups is 1. The number of hydrogen-bond donors (Lipinski definition) is 0. The van der Waals surface area contributed by atoms with Crippen molar-refractivity contribution in [1.82, 2.24) is 0 Å². The van der Waals surface area contributed by atoms with Crippen molar-refractivity contribution >= 4 is 23.5 Å². The molecule has 0 fully saturated rings. The molecule has 0 saturated heterocycles. The van der Waals surface area contributed by atoms with Crippen LogP contribution in [0.15, 0.2) is 34.2 Å². The van der Waals surface area contributed by atoms with Gasteiger partial charge >= 0.3 is 0 Å². The van der Waals surface area contributed by atoms with Crippen LogP contribution >= 0.6 is 11.8 Å². The Labute approximate surface area is 127 Å². The lowest BCUT2D eigenvalue weighted by molar-refractivity contribution is 0.565. The van der Waals surface area contributed by atoms with Crippen LogP contribution in [0.5, 0.6) is 0 Å². The highest BCUT2D eigenvalue weighted by Crippen LogP contribution is 2.24. The van der Waals surface area contributed by atoms with Crippen molar-refractivity contribution in [3.63, 3.8) is 0 Å². The van der Waals surface area contributed by atoms with Crippen molar-refractivity contribution < 1.29 is 4.79 Å². The molecule has 0 aromatic heterocycles. The number of benzene rings is 1. The second kappa shape index (κ2) is 11.7. The highest BCUT2D eigenvalue weighted by Gasteiger charge is 1.97. The molecule has 0 saturated carbocycles. The Kier molecular flexibility index (Phi) is 9.99. The summed E-state index contributed by atoms with van der Waals surface area (Å²) in [7, 11) is 0. The Bertz CT molecular complexity index is 413. The molecule has 0 atom stereocenters. The van der Waals surface area contributed by atoms with Gasteiger partial charge in [0, 0.05) is 4.90 Å². The summed E-state index contributed by atoms with van der Waals surface area (Å²) in [6.45, 7) is 2.26. The van der Waals surface area contributed by atoms with Gasteiger partial charge in [-0.25, -0.2) is 4.79 Å². The van der Waals surface area contributed by atoms with Crippen LogP contribution in [-0.2, 0) is 4.79 Å². The van der Waals surface area contributed by atoms with Gasteiger partial charge in [0.05, 0.1) is 5.69 Å². The molecule has 0 heterocycles. The van der Waals surface area contributed by atoms with Crippen LogP contribution in [0.1, 0.15) is 58.3 Å². The number of aliphatic imine (C=N–C) groups is 1. The van der Waals surface area contributed by atoms with Gasteiger partial charge in [-0.15, -0.1) is 11.8 Å². The summed E-state index contributed by atoms with van der Waals surface area (Å²) in [5.41, 5.74) is 0.695. The van der Waals surface area contributed by atoms with Gasteiger partial charge in [-0.1, -0.05) is 57.9 Å². The molecular weight excluding hydrogens is 266 g/mol. The molecule has 1 aromatic rings. The first-order valence-corrected chi connectivity index (χ1v) is 8.66. The van der Waals surface area contributed by atoms with Crippen molar-refractivity contribution in [3.05, 3.63) is 24.3 Å². The Hall–Kier alpha value is -1.05. The summed E-state index contributed by atoms with van der Waals surface area (Å²) in [6, 6.07) is 7.77. The quantitative estimate of drug-likeness (QED) is 0.220. The fraction of sp³-hybridized carbons (Fsp3) is 0.588. The van der Waals surface area contributed by atoms with E-state index in [0.717, 1.165) is 5.75 Å². The van der Waals surface area contributed by atoms with Gasteiger partial charge in [-0.05, 0) is 30.4 Å². The van der Waals surface area contributed by atoms with Gasteiger partial charge in [0.25, 0.3) is 0 Å². The molecule has 0 unspecified atom stereocenters. The minimum atomic E-state index is 0.695. The predicted molar refractivity (Wildman–Crippen MR) is 87.6 cm³/mol. The molecule has 0 aliphatic carbocycles. The predicted octanol–water partition coefficient (Wildman–Crippen LogP) is 5.89. The lowest BCUT2D eigenvalue weighted by atomic mass is 10.1. The van der Waals surface area contributed by atoms with E-state index in [1.165, 1.54) is 56.3 Å². The van der Waals surface area contributed by atoms with E-state index >= 15 is 0 Å². The second-order valence-corrected chi connectivity index (χ2v) is 6.19. The highest BCUT2D eigenvalue weighted by molar-refractivity contribution is 7.99. The Morgan fingerprint density at radius 2 is 1.75 bits per heavy atom. The Morgan fingerprint density at radius 1 is 1.05 bits per heavy atom. The average Bonchev–Trinajstić information content (AvgIpc) is 2.46. The van der Waals surface area contributed by atoms with Crippen LogP contribution in [-0.4, -0.2) is 11.8 Å². The third kappa shape index (κ3) is 8.19. The minimum absolute atomic E-state index is 0.695. The lowest BCUT2D eigenvalue weighted by Crippen LogP contribution is -1.83. The SMILES string of the molecule is CCCCCCCCCCSc1cccc(N=C=O)c1. The molecule has 1 aromatic carbocycles. The fourth-order valence-corrected chi connectivity index (χ4v) is 3.08. The zero-order valence-electron chi connectivity index (χ0n) is 12.4. The van der Waals surface area contributed by atoms with Crippen molar-refractivity contribution in [2.24, 2.45) is 4.99 Å². The van der Waals surface area contributed by atoms with E-state index in [4.69, 9.17) is 0 Å². The van der Waals surface area contributed by atoms with Crippen molar-refractivity contribution in [2.75, 3.05) is 5.75 Å². The molecule has 0 bridgehead atoms. The molecule has 0 aliphatic heterocycles. The first-order chi connectivity index (χ1) is 9.86. The second-order valence-electron chi connectivity index (χ2n) is 5.02. The van der Waals surface area contributed by atoms with Crippen LogP contribution in [0.2, 0.25) is 0 Å². The van der Waals surface area contributed by atoms with Crippen LogP contribution in [0.3, 0.4) is 0 Å². The molecule has 0 amide bonds. The van der Waals surface area contributed by atoms with Gasteiger partial charge < -0.3 is 0 Å². The zero-order chi connectivity index (χ0) is 14.5. The summed E-state index contributed by atoms with van der Waals surface area (Å²) in [4.78, 5) is 15.0. The van der Waals surface area contributed by atoms with Gasteiger partial charge in [0.2, 0.25) is 6.08 Å². The molecule has 1 rings (SSSR count). The lowest BCUT2D eigenvalue weighted by Gasteiger charge is -2.03. The Balaban J connectivity index is 2.06. The molecule has 0 aliphatic rings. The summed E-state index contributed by atoms with van der Waals surface area (Å²) in [6.07, 6.45) is 12.4. The summed E-state index contributed by atoms with van der Waals surface area (Å²) >= 11 is 1.84. The van der Waals surface area contributed by atoms with Crippen LogP contribution in [0.25, 0.3) is 0 Å². The maximum absolute atomic E-state index is 10.2. The topological polar surface area (TPSA) is 29.4 Å². The minimum Gasteiger partial charge on any atom is -0.211 e. The normalized spacial score (nSPS) is 10.2. The first kappa shape index (κ1) is 17.0. The first-order valence-electron chi connectivity index (χ1n) is 7.67. The fourth-order valence-electron chi connectivity index (χ4n) is 2.12. The number of rotatable bonds is 11. The smallest absolute Gasteiger partial charge is 0.211 e. The molecular formula is C17H25NOS.